The first-order valence-corrected chi connectivity index (χ1v) is 17.0. The highest BCUT2D eigenvalue weighted by molar-refractivity contribution is 6.24. The molecule has 0 amide bonds. The van der Waals surface area contributed by atoms with Gasteiger partial charge in [0.1, 0.15) is 0 Å². The van der Waals surface area contributed by atoms with Crippen molar-refractivity contribution < 1.29 is 0 Å². The van der Waals surface area contributed by atoms with Crippen molar-refractivity contribution in [3.63, 3.8) is 0 Å². The Labute approximate surface area is 283 Å². The molecule has 0 unspecified atom stereocenters. The second kappa shape index (κ2) is 8.94. The van der Waals surface area contributed by atoms with Gasteiger partial charge in [0.2, 0.25) is 0 Å². The summed E-state index contributed by atoms with van der Waals surface area (Å²) in [5.41, 5.74) is 19.8. The van der Waals surface area contributed by atoms with Gasteiger partial charge in [0, 0.05) is 23.2 Å². The SMILES string of the molecule is c1ccc2c(c1)-c1ccccc1C21c2ccccc2-c2c1cc1c(c2-c2cc3cccnc3c3ncccc23)-c2cccc3cccc-1c23. The van der Waals surface area contributed by atoms with E-state index in [-0.39, 0.29) is 0 Å². The molecule has 224 valence electrons. The number of rotatable bonds is 1. The molecule has 12 rings (SSSR count). The largest absolute Gasteiger partial charge is 0.254 e. The number of aromatic nitrogens is 2. The van der Waals surface area contributed by atoms with Gasteiger partial charge in [-0.25, -0.2) is 0 Å². The summed E-state index contributed by atoms with van der Waals surface area (Å²) in [6.45, 7) is 0. The van der Waals surface area contributed by atoms with E-state index in [0.717, 1.165) is 21.8 Å². The molecule has 0 saturated heterocycles. The highest BCUT2D eigenvalue weighted by atomic mass is 14.7. The Morgan fingerprint density at radius 1 is 0.347 bits per heavy atom. The van der Waals surface area contributed by atoms with Crippen LogP contribution in [0.2, 0.25) is 0 Å². The summed E-state index contributed by atoms with van der Waals surface area (Å²) in [7, 11) is 0. The number of benzene rings is 7. The quantitative estimate of drug-likeness (QED) is 0.171. The molecule has 0 bridgehead atoms. The summed E-state index contributed by atoms with van der Waals surface area (Å²) < 4.78 is 0. The number of fused-ring (bicyclic) bond motifs is 16. The Morgan fingerprint density at radius 3 is 1.69 bits per heavy atom. The van der Waals surface area contributed by atoms with E-state index in [0.29, 0.717) is 0 Å². The van der Waals surface area contributed by atoms with E-state index in [4.69, 9.17) is 9.97 Å². The molecule has 2 nitrogen and oxygen atoms in total. The Kier molecular flexibility index (Phi) is 4.69. The van der Waals surface area contributed by atoms with Crippen LogP contribution in [0.25, 0.3) is 88.2 Å². The Hall–Kier alpha value is -6.38. The fourth-order valence-corrected chi connectivity index (χ4v) is 9.77. The first kappa shape index (κ1) is 25.7. The first-order chi connectivity index (χ1) is 24.3. The van der Waals surface area contributed by atoms with E-state index >= 15 is 0 Å². The summed E-state index contributed by atoms with van der Waals surface area (Å²) in [5.74, 6) is 0. The van der Waals surface area contributed by atoms with Gasteiger partial charge in [-0.15, -0.1) is 0 Å². The lowest BCUT2D eigenvalue weighted by atomic mass is 9.69. The molecule has 0 aliphatic heterocycles. The Bertz CT molecular complexity index is 2900. The zero-order valence-electron chi connectivity index (χ0n) is 26.4. The van der Waals surface area contributed by atoms with Crippen LogP contribution >= 0.6 is 0 Å². The van der Waals surface area contributed by atoms with Gasteiger partial charge in [0.05, 0.1) is 16.4 Å². The van der Waals surface area contributed by atoms with E-state index in [1.165, 1.54) is 88.7 Å². The van der Waals surface area contributed by atoms with Gasteiger partial charge in [0.15, 0.2) is 0 Å². The molecule has 2 heterocycles. The third-order valence-electron chi connectivity index (χ3n) is 11.5. The summed E-state index contributed by atoms with van der Waals surface area (Å²) >= 11 is 0. The van der Waals surface area contributed by atoms with Crippen molar-refractivity contribution in [2.24, 2.45) is 0 Å². The maximum Gasteiger partial charge on any atom is 0.0970 e. The van der Waals surface area contributed by atoms with E-state index in [2.05, 4.69) is 140 Å². The van der Waals surface area contributed by atoms with Crippen LogP contribution < -0.4 is 0 Å². The molecule has 3 aliphatic rings. The minimum absolute atomic E-state index is 0.446. The maximum atomic E-state index is 4.97. The molecule has 2 heteroatoms. The molecule has 7 aromatic carbocycles. The Balaban J connectivity index is 1.35. The van der Waals surface area contributed by atoms with Gasteiger partial charge in [-0.3, -0.25) is 9.97 Å². The number of hydrogen-bond donors (Lipinski definition) is 0. The predicted octanol–water partition coefficient (Wildman–Crippen LogP) is 11.6. The lowest BCUT2D eigenvalue weighted by Gasteiger charge is -2.31. The van der Waals surface area contributed by atoms with Gasteiger partial charge in [-0.2, -0.15) is 0 Å². The van der Waals surface area contributed by atoms with Crippen molar-refractivity contribution in [3.8, 4) is 55.6 Å². The van der Waals surface area contributed by atoms with Crippen molar-refractivity contribution in [3.05, 3.63) is 180 Å². The van der Waals surface area contributed by atoms with Crippen LogP contribution in [-0.2, 0) is 5.41 Å². The molecular formula is C47H26N2. The van der Waals surface area contributed by atoms with Gasteiger partial charge < -0.3 is 0 Å². The van der Waals surface area contributed by atoms with Gasteiger partial charge in [-0.05, 0) is 113 Å². The molecule has 0 saturated carbocycles. The van der Waals surface area contributed by atoms with Crippen LogP contribution in [0, 0.1) is 0 Å². The average molecular weight is 619 g/mol. The number of nitrogens with zero attached hydrogens (tertiary/aromatic N) is 2. The lowest BCUT2D eigenvalue weighted by molar-refractivity contribution is 0.794. The monoisotopic (exact) mass is 618 g/mol. The van der Waals surface area contributed by atoms with Gasteiger partial charge in [0.25, 0.3) is 0 Å². The van der Waals surface area contributed by atoms with Crippen molar-refractivity contribution in [1.29, 1.82) is 0 Å². The van der Waals surface area contributed by atoms with Crippen molar-refractivity contribution in [2.75, 3.05) is 0 Å². The first-order valence-electron chi connectivity index (χ1n) is 17.0. The average Bonchev–Trinajstić information content (AvgIpc) is 3.77. The molecule has 0 N–H and O–H groups in total. The normalized spacial score (nSPS) is 13.9. The van der Waals surface area contributed by atoms with E-state index in [1.807, 2.05) is 18.5 Å². The van der Waals surface area contributed by atoms with E-state index in [1.54, 1.807) is 0 Å². The summed E-state index contributed by atoms with van der Waals surface area (Å²) in [6.07, 6.45) is 3.77. The predicted molar refractivity (Wildman–Crippen MR) is 201 cm³/mol. The zero-order chi connectivity index (χ0) is 31.8. The maximum absolute atomic E-state index is 4.97. The lowest BCUT2D eigenvalue weighted by Crippen LogP contribution is -2.26. The molecule has 0 fully saturated rings. The summed E-state index contributed by atoms with van der Waals surface area (Å²) in [5, 5.41) is 4.84. The van der Waals surface area contributed by atoms with Crippen LogP contribution in [0.15, 0.2) is 158 Å². The summed E-state index contributed by atoms with van der Waals surface area (Å²) in [4.78, 5) is 9.81. The highest BCUT2D eigenvalue weighted by Crippen LogP contribution is 2.67. The molecule has 3 aliphatic carbocycles. The van der Waals surface area contributed by atoms with Crippen LogP contribution in [0.4, 0.5) is 0 Å². The van der Waals surface area contributed by atoms with Crippen LogP contribution in [0.1, 0.15) is 22.3 Å². The van der Waals surface area contributed by atoms with Crippen molar-refractivity contribution in [2.45, 2.75) is 5.41 Å². The number of pyridine rings is 2. The van der Waals surface area contributed by atoms with E-state index < -0.39 is 5.41 Å². The smallest absolute Gasteiger partial charge is 0.0970 e. The second-order valence-electron chi connectivity index (χ2n) is 13.6. The van der Waals surface area contributed by atoms with Crippen molar-refractivity contribution in [1.82, 2.24) is 9.97 Å². The third kappa shape index (κ3) is 2.96. The zero-order valence-corrected chi connectivity index (χ0v) is 26.4. The standard InChI is InChI=1S/C47H26N2/c1-4-20-37-29(14-1)30-15-2-5-21-38(30)47(37)39-22-6-3-16-33(39)43-40(47)26-36-31-17-7-11-27-12-8-18-34(41(27)31)42(36)44(43)35-25-28-13-9-23-48-45(28)46-32(35)19-10-24-49-46/h1-26H. The topological polar surface area (TPSA) is 25.8 Å². The molecular weight excluding hydrogens is 593 g/mol. The van der Waals surface area contributed by atoms with Crippen LogP contribution in [-0.4, -0.2) is 9.97 Å². The number of hydrogen-bond acceptors (Lipinski definition) is 2. The second-order valence-corrected chi connectivity index (χ2v) is 13.6. The highest BCUT2D eigenvalue weighted by Gasteiger charge is 2.53. The molecule has 2 aromatic heterocycles. The van der Waals surface area contributed by atoms with Crippen molar-refractivity contribution >= 4 is 32.6 Å². The molecule has 0 atom stereocenters. The molecule has 49 heavy (non-hydrogen) atoms. The molecule has 1 spiro atoms. The molecule has 9 aromatic rings. The molecule has 0 radical (unpaired) electrons. The van der Waals surface area contributed by atoms with Crippen LogP contribution in [0.3, 0.4) is 0 Å². The third-order valence-corrected chi connectivity index (χ3v) is 11.5. The van der Waals surface area contributed by atoms with E-state index in [9.17, 15) is 0 Å². The van der Waals surface area contributed by atoms with Gasteiger partial charge in [-0.1, -0.05) is 121 Å². The fraction of sp³-hybridized carbons (Fsp3) is 0.0213. The van der Waals surface area contributed by atoms with Crippen LogP contribution in [0.5, 0.6) is 0 Å². The fourth-order valence-electron chi connectivity index (χ4n) is 9.77. The minimum Gasteiger partial charge on any atom is -0.254 e. The Morgan fingerprint density at radius 2 is 0.939 bits per heavy atom. The summed E-state index contributed by atoms with van der Waals surface area (Å²) in [6, 6.07) is 54.4. The minimum atomic E-state index is -0.446. The van der Waals surface area contributed by atoms with Gasteiger partial charge >= 0.3 is 0 Å².